The predicted molar refractivity (Wildman–Crippen MR) is 72.7 cm³/mol. The monoisotopic (exact) mass is 254 g/mol. The molecule has 0 atom stereocenters. The van der Waals surface area contributed by atoms with Crippen LogP contribution < -0.4 is 0 Å². The zero-order valence-corrected chi connectivity index (χ0v) is 10.8. The van der Waals surface area contributed by atoms with E-state index in [0.717, 1.165) is 5.56 Å². The van der Waals surface area contributed by atoms with Crippen molar-refractivity contribution in [2.24, 2.45) is 0 Å². The molecule has 0 amide bonds. The highest BCUT2D eigenvalue weighted by atomic mass is 16.4. The molecule has 0 bridgehead atoms. The lowest BCUT2D eigenvalue weighted by atomic mass is 9.93. The van der Waals surface area contributed by atoms with Gasteiger partial charge in [-0.3, -0.25) is 4.79 Å². The van der Waals surface area contributed by atoms with E-state index in [1.165, 1.54) is 0 Å². The molecule has 0 aliphatic carbocycles. The zero-order valence-electron chi connectivity index (χ0n) is 10.8. The van der Waals surface area contributed by atoms with Gasteiger partial charge in [0.2, 0.25) is 0 Å². The van der Waals surface area contributed by atoms with Crippen LogP contribution >= 0.6 is 0 Å². The topological polar surface area (TPSA) is 54.4 Å². The van der Waals surface area contributed by atoms with Crippen LogP contribution in [0.2, 0.25) is 0 Å². The van der Waals surface area contributed by atoms with Gasteiger partial charge in [0.1, 0.15) is 0 Å². The lowest BCUT2D eigenvalue weighted by Crippen LogP contribution is -2.12. The highest BCUT2D eigenvalue weighted by molar-refractivity contribution is 6.14. The predicted octanol–water partition coefficient (Wildman–Crippen LogP) is 3.23. The number of rotatable bonds is 3. The standard InChI is InChI=1S/C16H14O3/c1-10-8-11(2)14(16(18)19)13(9-10)15(17)12-6-4-3-5-7-12/h3-9H,1-2H3,(H,18,19). The number of aryl methyl sites for hydroxylation is 2. The quantitative estimate of drug-likeness (QED) is 0.855. The molecule has 0 radical (unpaired) electrons. The average molecular weight is 254 g/mol. The Hall–Kier alpha value is -2.42. The first-order valence-electron chi connectivity index (χ1n) is 5.95. The molecule has 3 nitrogen and oxygen atoms in total. The Bertz CT molecular complexity index is 643. The lowest BCUT2D eigenvalue weighted by Gasteiger charge is -2.10. The van der Waals surface area contributed by atoms with Crippen molar-refractivity contribution in [1.29, 1.82) is 0 Å². The van der Waals surface area contributed by atoms with Crippen molar-refractivity contribution >= 4 is 11.8 Å². The number of carbonyl (C=O) groups is 2. The minimum atomic E-state index is -1.07. The van der Waals surface area contributed by atoms with Gasteiger partial charge in [-0.15, -0.1) is 0 Å². The van der Waals surface area contributed by atoms with Crippen molar-refractivity contribution in [2.45, 2.75) is 13.8 Å². The summed E-state index contributed by atoms with van der Waals surface area (Å²) in [7, 11) is 0. The third-order valence-electron chi connectivity index (χ3n) is 2.97. The molecule has 0 heterocycles. The average Bonchev–Trinajstić information content (AvgIpc) is 2.37. The van der Waals surface area contributed by atoms with Gasteiger partial charge in [-0.2, -0.15) is 0 Å². The maximum absolute atomic E-state index is 12.4. The van der Waals surface area contributed by atoms with Gasteiger partial charge in [-0.25, -0.2) is 4.79 Å². The normalized spacial score (nSPS) is 10.2. The lowest BCUT2D eigenvalue weighted by molar-refractivity contribution is 0.0692. The Morgan fingerprint density at radius 3 is 2.21 bits per heavy atom. The number of benzene rings is 2. The highest BCUT2D eigenvalue weighted by Gasteiger charge is 2.20. The molecule has 0 saturated heterocycles. The summed E-state index contributed by atoms with van der Waals surface area (Å²) in [6.45, 7) is 3.55. The summed E-state index contributed by atoms with van der Waals surface area (Å²) in [4.78, 5) is 23.8. The molecule has 2 aromatic rings. The number of hydrogen-bond donors (Lipinski definition) is 1. The molecule has 2 aromatic carbocycles. The zero-order chi connectivity index (χ0) is 14.0. The van der Waals surface area contributed by atoms with Crippen molar-refractivity contribution in [3.8, 4) is 0 Å². The van der Waals surface area contributed by atoms with Gasteiger partial charge in [0.25, 0.3) is 0 Å². The molecular formula is C16H14O3. The molecule has 0 unspecified atom stereocenters. The van der Waals surface area contributed by atoms with Crippen LogP contribution in [0.1, 0.15) is 37.4 Å². The fourth-order valence-electron chi connectivity index (χ4n) is 2.18. The van der Waals surface area contributed by atoms with Gasteiger partial charge < -0.3 is 5.11 Å². The first-order valence-corrected chi connectivity index (χ1v) is 5.95. The molecule has 0 saturated carbocycles. The van der Waals surface area contributed by atoms with E-state index in [1.54, 1.807) is 43.3 Å². The van der Waals surface area contributed by atoms with Crippen LogP contribution in [0.15, 0.2) is 42.5 Å². The van der Waals surface area contributed by atoms with Crippen LogP contribution in [0, 0.1) is 13.8 Å². The van der Waals surface area contributed by atoms with Crippen LogP contribution in [-0.2, 0) is 0 Å². The third-order valence-corrected chi connectivity index (χ3v) is 2.97. The van der Waals surface area contributed by atoms with E-state index in [1.807, 2.05) is 13.0 Å². The summed E-state index contributed by atoms with van der Waals surface area (Å²) < 4.78 is 0. The summed E-state index contributed by atoms with van der Waals surface area (Å²) in [6, 6.07) is 12.1. The van der Waals surface area contributed by atoms with Crippen molar-refractivity contribution in [3.05, 3.63) is 70.3 Å². The molecule has 3 heteroatoms. The molecular weight excluding hydrogens is 240 g/mol. The van der Waals surface area contributed by atoms with Gasteiger partial charge in [-0.1, -0.05) is 42.0 Å². The fourth-order valence-corrected chi connectivity index (χ4v) is 2.18. The van der Waals surface area contributed by atoms with Gasteiger partial charge in [0.15, 0.2) is 5.78 Å². The molecule has 2 rings (SSSR count). The van der Waals surface area contributed by atoms with Crippen molar-refractivity contribution < 1.29 is 14.7 Å². The second kappa shape index (κ2) is 5.06. The van der Waals surface area contributed by atoms with Crippen LogP contribution in [0.3, 0.4) is 0 Å². The molecule has 1 N–H and O–H groups in total. The number of carbonyl (C=O) groups excluding carboxylic acids is 1. The largest absolute Gasteiger partial charge is 0.478 e. The van der Waals surface area contributed by atoms with Crippen molar-refractivity contribution in [3.63, 3.8) is 0 Å². The minimum Gasteiger partial charge on any atom is -0.478 e. The molecule has 19 heavy (non-hydrogen) atoms. The van der Waals surface area contributed by atoms with Crippen LogP contribution in [-0.4, -0.2) is 16.9 Å². The number of ketones is 1. The maximum atomic E-state index is 12.4. The number of aromatic carboxylic acids is 1. The van der Waals surface area contributed by atoms with Gasteiger partial charge >= 0.3 is 5.97 Å². The van der Waals surface area contributed by atoms with Crippen LogP contribution in [0.4, 0.5) is 0 Å². The van der Waals surface area contributed by atoms with Crippen LogP contribution in [0.5, 0.6) is 0 Å². The van der Waals surface area contributed by atoms with Gasteiger partial charge in [-0.05, 0) is 25.5 Å². The Labute approximate surface area is 111 Å². The second-order valence-corrected chi connectivity index (χ2v) is 4.50. The molecule has 0 fully saturated rings. The Morgan fingerprint density at radius 2 is 1.63 bits per heavy atom. The number of carboxylic acid groups (broad SMARTS) is 1. The Balaban J connectivity index is 2.62. The number of carboxylic acids is 1. The summed E-state index contributed by atoms with van der Waals surface area (Å²) in [5.41, 5.74) is 2.30. The van der Waals surface area contributed by atoms with Gasteiger partial charge in [0, 0.05) is 11.1 Å². The smallest absolute Gasteiger partial charge is 0.336 e. The molecule has 0 aliphatic heterocycles. The van der Waals surface area contributed by atoms with Crippen LogP contribution in [0.25, 0.3) is 0 Å². The number of hydrogen-bond acceptors (Lipinski definition) is 2. The van der Waals surface area contributed by atoms with Crippen molar-refractivity contribution in [1.82, 2.24) is 0 Å². The molecule has 0 aromatic heterocycles. The summed E-state index contributed by atoms with van der Waals surface area (Å²) in [5.74, 6) is -1.33. The van der Waals surface area contributed by atoms with E-state index in [2.05, 4.69) is 0 Å². The summed E-state index contributed by atoms with van der Waals surface area (Å²) >= 11 is 0. The molecule has 0 spiro atoms. The SMILES string of the molecule is Cc1cc(C)c(C(=O)O)c(C(=O)c2ccccc2)c1. The van der Waals surface area contributed by atoms with E-state index < -0.39 is 5.97 Å². The Kier molecular flexibility index (Phi) is 3.47. The fraction of sp³-hybridized carbons (Fsp3) is 0.125. The third kappa shape index (κ3) is 2.55. The van der Waals surface area contributed by atoms with E-state index in [4.69, 9.17) is 0 Å². The van der Waals surface area contributed by atoms with Crippen molar-refractivity contribution in [2.75, 3.05) is 0 Å². The molecule has 0 aliphatic rings. The van der Waals surface area contributed by atoms with Gasteiger partial charge in [0.05, 0.1) is 5.56 Å². The maximum Gasteiger partial charge on any atom is 0.336 e. The summed E-state index contributed by atoms with van der Waals surface area (Å²) in [5, 5.41) is 9.28. The van der Waals surface area contributed by atoms with E-state index >= 15 is 0 Å². The Morgan fingerprint density at radius 1 is 1.00 bits per heavy atom. The summed E-state index contributed by atoms with van der Waals surface area (Å²) in [6.07, 6.45) is 0. The van der Waals surface area contributed by atoms with E-state index in [-0.39, 0.29) is 16.9 Å². The first-order chi connectivity index (χ1) is 9.00. The first kappa shape index (κ1) is 13.0. The van der Waals surface area contributed by atoms with E-state index in [9.17, 15) is 14.7 Å². The minimum absolute atomic E-state index is 0.0828. The highest BCUT2D eigenvalue weighted by Crippen LogP contribution is 2.20. The second-order valence-electron chi connectivity index (χ2n) is 4.50. The molecule has 96 valence electrons. The van der Waals surface area contributed by atoms with E-state index in [0.29, 0.717) is 11.1 Å².